The summed E-state index contributed by atoms with van der Waals surface area (Å²) < 4.78 is 5.24. The van der Waals surface area contributed by atoms with Crippen molar-refractivity contribution >= 4 is 17.0 Å². The highest BCUT2D eigenvalue weighted by Crippen LogP contribution is 2.35. The predicted octanol–water partition coefficient (Wildman–Crippen LogP) is 2.64. The number of nitrogen functional groups attached to an aromatic ring is 1. The number of aryl methyl sites for hydroxylation is 1. The van der Waals surface area contributed by atoms with Gasteiger partial charge in [-0.1, -0.05) is 5.16 Å². The molecule has 0 saturated heterocycles. The van der Waals surface area contributed by atoms with Crippen LogP contribution in [-0.4, -0.2) is 10.1 Å². The summed E-state index contributed by atoms with van der Waals surface area (Å²) in [4.78, 5) is 5.28. The van der Waals surface area contributed by atoms with E-state index in [0.29, 0.717) is 5.89 Å². The van der Waals surface area contributed by atoms with Crippen LogP contribution in [0.5, 0.6) is 0 Å². The molecule has 0 aromatic carbocycles. The van der Waals surface area contributed by atoms with Gasteiger partial charge in [0, 0.05) is 6.42 Å². The fourth-order valence-corrected chi connectivity index (χ4v) is 2.52. The number of nitrogens with zero attached hydrogens (tertiary/aromatic N) is 2. The Kier molecular flexibility index (Phi) is 2.21. The van der Waals surface area contributed by atoms with Gasteiger partial charge in [-0.05, 0) is 36.6 Å². The van der Waals surface area contributed by atoms with Crippen molar-refractivity contribution in [2.45, 2.75) is 26.2 Å². The molecular weight excluding hydrogens is 222 g/mol. The van der Waals surface area contributed by atoms with E-state index < -0.39 is 0 Å². The molecule has 0 aliphatic heterocycles. The molecule has 0 bridgehead atoms. The van der Waals surface area contributed by atoms with Crippen LogP contribution in [0.3, 0.4) is 0 Å². The van der Waals surface area contributed by atoms with E-state index in [-0.39, 0.29) is 0 Å². The average molecular weight is 235 g/mol. The highest BCUT2D eigenvalue weighted by Gasteiger charge is 2.24. The third kappa shape index (κ3) is 1.71. The second-order valence-corrected chi connectivity index (χ2v) is 5.20. The lowest BCUT2D eigenvalue weighted by atomic mass is 10.3. The number of hydrogen-bond donors (Lipinski definition) is 1. The largest absolute Gasteiger partial charge is 0.397 e. The number of aromatic nitrogens is 2. The first-order chi connectivity index (χ1) is 7.74. The summed E-state index contributed by atoms with van der Waals surface area (Å²) in [5, 5.41) is 6.00. The summed E-state index contributed by atoms with van der Waals surface area (Å²) >= 11 is 1.56. The van der Waals surface area contributed by atoms with Crippen LogP contribution in [0.4, 0.5) is 5.69 Å². The molecule has 0 radical (unpaired) electrons. The molecule has 0 spiro atoms. The number of anilines is 1. The van der Waals surface area contributed by atoms with Crippen molar-refractivity contribution in [1.29, 1.82) is 0 Å². The van der Waals surface area contributed by atoms with Crippen molar-refractivity contribution in [1.82, 2.24) is 10.1 Å². The summed E-state index contributed by atoms with van der Waals surface area (Å²) in [6, 6.07) is 0. The van der Waals surface area contributed by atoms with E-state index >= 15 is 0 Å². The van der Waals surface area contributed by atoms with Gasteiger partial charge in [-0.25, -0.2) is 0 Å². The monoisotopic (exact) mass is 235 g/mol. The van der Waals surface area contributed by atoms with E-state index in [1.165, 1.54) is 12.8 Å². The molecule has 2 heterocycles. The fraction of sp³-hybridized carbons (Fsp3) is 0.455. The second kappa shape index (κ2) is 3.59. The normalized spacial score (nSPS) is 15.6. The smallest absolute Gasteiger partial charge is 0.270 e. The minimum atomic E-state index is 0.561. The van der Waals surface area contributed by atoms with Gasteiger partial charge in [0.1, 0.15) is 4.88 Å². The average Bonchev–Trinajstić information content (AvgIpc) is 2.86. The standard InChI is InChI=1S/C11H13N3OS/c1-6-5-16-10(9(6)12)11-13-8(14-15-11)4-7-2-3-7/h5,7H,2-4,12H2,1H3. The van der Waals surface area contributed by atoms with E-state index in [1.807, 2.05) is 12.3 Å². The Hall–Kier alpha value is -1.36. The van der Waals surface area contributed by atoms with Crippen molar-refractivity contribution in [3.8, 4) is 10.8 Å². The molecule has 2 aromatic heterocycles. The third-order valence-electron chi connectivity index (χ3n) is 2.85. The molecule has 0 unspecified atom stereocenters. The van der Waals surface area contributed by atoms with Crippen molar-refractivity contribution in [2.24, 2.45) is 5.92 Å². The lowest BCUT2D eigenvalue weighted by molar-refractivity contribution is 0.422. The van der Waals surface area contributed by atoms with E-state index in [2.05, 4.69) is 10.1 Å². The van der Waals surface area contributed by atoms with E-state index in [4.69, 9.17) is 10.3 Å². The zero-order chi connectivity index (χ0) is 11.1. The number of rotatable bonds is 3. The number of nitrogens with two attached hydrogens (primary N) is 1. The summed E-state index contributed by atoms with van der Waals surface area (Å²) in [6.45, 7) is 1.98. The lowest BCUT2D eigenvalue weighted by Gasteiger charge is -1.92. The van der Waals surface area contributed by atoms with Gasteiger partial charge in [-0.3, -0.25) is 0 Å². The van der Waals surface area contributed by atoms with Crippen LogP contribution < -0.4 is 5.73 Å². The third-order valence-corrected chi connectivity index (χ3v) is 3.96. The van der Waals surface area contributed by atoms with Crippen LogP contribution in [0.1, 0.15) is 24.2 Å². The highest BCUT2D eigenvalue weighted by atomic mass is 32.1. The van der Waals surface area contributed by atoms with E-state index in [1.54, 1.807) is 11.3 Å². The Morgan fingerprint density at radius 2 is 2.38 bits per heavy atom. The minimum Gasteiger partial charge on any atom is -0.397 e. The molecule has 4 nitrogen and oxygen atoms in total. The van der Waals surface area contributed by atoms with Crippen LogP contribution in [0.15, 0.2) is 9.90 Å². The van der Waals surface area contributed by atoms with Gasteiger partial charge >= 0.3 is 0 Å². The molecule has 1 fully saturated rings. The molecule has 1 saturated carbocycles. The SMILES string of the molecule is Cc1csc(-c2nc(CC3CC3)no2)c1N. The second-order valence-electron chi connectivity index (χ2n) is 4.32. The maximum absolute atomic E-state index is 5.94. The van der Waals surface area contributed by atoms with Gasteiger partial charge in [0.15, 0.2) is 5.82 Å². The zero-order valence-electron chi connectivity index (χ0n) is 9.06. The van der Waals surface area contributed by atoms with Crippen molar-refractivity contribution in [3.63, 3.8) is 0 Å². The Labute approximate surface area is 97.5 Å². The van der Waals surface area contributed by atoms with E-state index in [0.717, 1.165) is 34.3 Å². The first-order valence-corrected chi connectivity index (χ1v) is 6.28. The quantitative estimate of drug-likeness (QED) is 0.888. The molecular formula is C11H13N3OS. The molecule has 0 atom stereocenters. The Balaban J connectivity index is 1.88. The van der Waals surface area contributed by atoms with Crippen LogP contribution in [-0.2, 0) is 6.42 Å². The summed E-state index contributed by atoms with van der Waals surface area (Å²) in [5.41, 5.74) is 7.77. The summed E-state index contributed by atoms with van der Waals surface area (Å²) in [5.74, 6) is 2.14. The van der Waals surface area contributed by atoms with Crippen molar-refractivity contribution < 1.29 is 4.52 Å². The van der Waals surface area contributed by atoms with Gasteiger partial charge in [0.05, 0.1) is 5.69 Å². The van der Waals surface area contributed by atoms with Crippen molar-refractivity contribution in [3.05, 3.63) is 16.8 Å². The topological polar surface area (TPSA) is 64.9 Å². The van der Waals surface area contributed by atoms with Crippen LogP contribution in [0, 0.1) is 12.8 Å². The summed E-state index contributed by atoms with van der Waals surface area (Å²) in [6.07, 6.45) is 3.53. The van der Waals surface area contributed by atoms with Crippen LogP contribution in [0.25, 0.3) is 10.8 Å². The maximum Gasteiger partial charge on any atom is 0.270 e. The first-order valence-electron chi connectivity index (χ1n) is 5.40. The summed E-state index contributed by atoms with van der Waals surface area (Å²) in [7, 11) is 0. The van der Waals surface area contributed by atoms with Gasteiger partial charge in [0.25, 0.3) is 5.89 Å². The Morgan fingerprint density at radius 1 is 1.56 bits per heavy atom. The fourth-order valence-electron chi connectivity index (χ4n) is 1.63. The number of hydrogen-bond acceptors (Lipinski definition) is 5. The molecule has 0 amide bonds. The highest BCUT2D eigenvalue weighted by molar-refractivity contribution is 7.14. The Morgan fingerprint density at radius 3 is 3.00 bits per heavy atom. The molecule has 84 valence electrons. The predicted molar refractivity (Wildman–Crippen MR) is 63.2 cm³/mol. The maximum atomic E-state index is 5.94. The van der Waals surface area contributed by atoms with Gasteiger partial charge in [0.2, 0.25) is 0 Å². The zero-order valence-corrected chi connectivity index (χ0v) is 9.88. The molecule has 1 aliphatic carbocycles. The van der Waals surface area contributed by atoms with Crippen LogP contribution >= 0.6 is 11.3 Å². The molecule has 2 N–H and O–H groups in total. The van der Waals surface area contributed by atoms with Gasteiger partial charge < -0.3 is 10.3 Å². The Bertz CT molecular complexity index is 513. The van der Waals surface area contributed by atoms with Crippen molar-refractivity contribution in [2.75, 3.05) is 5.73 Å². The molecule has 1 aliphatic rings. The van der Waals surface area contributed by atoms with Gasteiger partial charge in [-0.2, -0.15) is 4.98 Å². The molecule has 16 heavy (non-hydrogen) atoms. The van der Waals surface area contributed by atoms with E-state index in [9.17, 15) is 0 Å². The van der Waals surface area contributed by atoms with Crippen LogP contribution in [0.2, 0.25) is 0 Å². The molecule has 2 aromatic rings. The first kappa shape index (κ1) is 9.84. The van der Waals surface area contributed by atoms with Gasteiger partial charge in [-0.15, -0.1) is 11.3 Å². The molecule has 5 heteroatoms. The minimum absolute atomic E-state index is 0.561. The molecule has 3 rings (SSSR count). The number of thiophene rings is 1. The lowest BCUT2D eigenvalue weighted by Crippen LogP contribution is -1.90.